The molecule has 0 aliphatic heterocycles. The number of aryl methyl sites for hydroxylation is 8. The fraction of sp³-hybridized carbons (Fsp3) is 0.357. The van der Waals surface area contributed by atoms with Crippen molar-refractivity contribution in [3.05, 3.63) is 281 Å². The molecule has 20 rings (SSSR count). The maximum atomic E-state index is 9.31. The standard InChI is InChI=1S/4C28H29N2O/c1-17-13-18(2)27(28-26(17)23-12-11-22(29-4)16-25(23)31-28)24-15-21(14-19(3)30(24)5)20-9-7-6-8-10-20;1-17-11-12-23-26-18(2)13-22(29-4)16-25(26)31-28(23)27(17)24-15-21(14-19(3)30(24)5)20-9-7-6-8-10-20;1-17-11-12-22-23-13-18(2)24(29-4)16-26(23)31-28(22)27(17)25-15-21(14-19(3)30(25)5)20-9-7-6-8-10-20;1-17-11-12-23-22-13-14-24(29-4)19(3)27(22)31-28(23)26(17)25-16-21(15-18(2)30(25)5)20-9-7-6-8-10-20/h4*11-16,20H,6-10H2,1-3,5H3/q4*+1/i3*14D,15D,20D;15D,16D,20D. The number of aromatic nitrogens is 4. The van der Waals surface area contributed by atoms with Gasteiger partial charge in [0.25, 0.3) is 0 Å². The van der Waals surface area contributed by atoms with Gasteiger partial charge >= 0.3 is 0 Å². The molecule has 0 spiro atoms. The monoisotopic (exact) mass is 1650 g/mol. The second-order valence-electron chi connectivity index (χ2n) is 35.0. The van der Waals surface area contributed by atoms with Gasteiger partial charge in [0.1, 0.15) is 72.9 Å². The van der Waals surface area contributed by atoms with E-state index in [4.69, 9.17) is 49.4 Å². The molecule has 0 bridgehead atoms. The van der Waals surface area contributed by atoms with Crippen LogP contribution in [0.3, 0.4) is 0 Å². The molecule has 624 valence electrons. The Kier molecular flexibility index (Phi) is 19.6. The lowest BCUT2D eigenvalue weighted by molar-refractivity contribution is -0.666. The molecule has 0 atom stereocenters. The van der Waals surface area contributed by atoms with Crippen molar-refractivity contribution in [3.63, 3.8) is 0 Å². The molecular formula is C112H116N8O4+4. The molecule has 0 saturated heterocycles. The highest BCUT2D eigenvalue weighted by Gasteiger charge is 2.33. The summed E-state index contributed by atoms with van der Waals surface area (Å²) >= 11 is 0. The molecule has 4 saturated carbocycles. The van der Waals surface area contributed by atoms with Crippen molar-refractivity contribution >= 4 is 111 Å². The first-order chi connectivity index (χ1) is 64.7. The molecule has 4 aliphatic rings. The number of furan rings is 4. The van der Waals surface area contributed by atoms with E-state index in [0.717, 1.165) is 210 Å². The highest BCUT2D eigenvalue weighted by atomic mass is 16.3. The summed E-state index contributed by atoms with van der Waals surface area (Å²) < 4.78 is 143. The fourth-order valence-electron chi connectivity index (χ4n) is 19.5. The van der Waals surface area contributed by atoms with Crippen LogP contribution in [0.25, 0.3) is 152 Å². The topological polar surface area (TPSA) is 85.5 Å². The number of nitrogens with zero attached hydrogens (tertiary/aromatic N) is 8. The van der Waals surface area contributed by atoms with Crippen LogP contribution in [0.5, 0.6) is 0 Å². The molecular weight excluding hydrogens is 1520 g/mol. The number of pyridine rings is 4. The fourth-order valence-corrected chi connectivity index (χ4v) is 19.5. The molecule has 12 nitrogen and oxygen atoms in total. The van der Waals surface area contributed by atoms with Gasteiger partial charge < -0.3 is 17.7 Å². The van der Waals surface area contributed by atoms with E-state index in [1.165, 1.54) is 0 Å². The molecule has 0 N–H and O–H groups in total. The SMILES string of the molecule is [2H]c1c(C2([2H])CCCCC2)c([2H])c(-c2c(C)cc(C)c3c2oc2cc([N+]#[C-])ccc23)[n+](C)c1C.[2H]c1c(C2([2H])CCCCC2)c([2H])c(-c2c(C)ccc3c2oc2c(C)c([N+]#[C-])ccc23)[n+](C)c1C.[2H]c1c(C2([2H])CCCCC2)c([2H])c(-c2c(C)ccc3c2oc2cc([N+]#[C-])c(C)cc23)[n+](C)c1C.[2H]c1c(C2([2H])CCCCC2)c([2H])c(-c2c(C)ccc3c2oc2cc([N+]#[C-])cc(C)c23)[n+](C)c1C. The second-order valence-corrected chi connectivity index (χ2v) is 35.0. The van der Waals surface area contributed by atoms with Gasteiger partial charge in [0.15, 0.2) is 45.5 Å². The molecule has 12 heteroatoms. The third-order valence-electron chi connectivity index (χ3n) is 26.9. The zero-order chi connectivity index (χ0) is 97.4. The Labute approximate surface area is 748 Å². The van der Waals surface area contributed by atoms with Crippen LogP contribution in [0.1, 0.15) is 258 Å². The molecule has 124 heavy (non-hydrogen) atoms. The lowest BCUT2D eigenvalue weighted by atomic mass is 9.83. The third kappa shape index (κ3) is 15.5. The Balaban J connectivity index is 0.000000126. The minimum atomic E-state index is -0.906. The van der Waals surface area contributed by atoms with E-state index in [1.807, 2.05) is 189 Å². The smallest absolute Gasteiger partial charge is 0.216 e. The summed E-state index contributed by atoms with van der Waals surface area (Å²) in [4.78, 5) is 14.4. The van der Waals surface area contributed by atoms with Crippen molar-refractivity contribution in [3.8, 4) is 45.0 Å². The van der Waals surface area contributed by atoms with E-state index < -0.39 is 23.6 Å². The van der Waals surface area contributed by atoms with Crippen molar-refractivity contribution in [1.82, 2.24) is 0 Å². The quantitative estimate of drug-likeness (QED) is 0.112. The summed E-state index contributed by atoms with van der Waals surface area (Å²) in [5.74, 6) is -3.62. The average Bonchev–Trinajstić information content (AvgIpc) is 1.41. The predicted molar refractivity (Wildman–Crippen MR) is 507 cm³/mol. The number of hydrogen-bond donors (Lipinski definition) is 0. The van der Waals surface area contributed by atoms with E-state index in [0.29, 0.717) is 188 Å². The Morgan fingerprint density at radius 2 is 0.645 bits per heavy atom. The number of rotatable bonds is 8. The summed E-state index contributed by atoms with van der Waals surface area (Å²) in [6.45, 7) is 53.3. The van der Waals surface area contributed by atoms with Crippen LogP contribution in [0.2, 0.25) is 0 Å². The Bertz CT molecular complexity index is 7810. The Hall–Kier alpha value is -12.5. The van der Waals surface area contributed by atoms with Gasteiger partial charge in [0.2, 0.25) is 22.8 Å². The largest absolute Gasteiger partial charge is 0.456 e. The summed E-state index contributed by atoms with van der Waals surface area (Å²) in [5, 5.41) is 7.67. The summed E-state index contributed by atoms with van der Waals surface area (Å²) in [5.41, 5.74) is 26.6. The van der Waals surface area contributed by atoms with Gasteiger partial charge in [-0.05, 0) is 215 Å². The molecule has 0 radical (unpaired) electrons. The minimum Gasteiger partial charge on any atom is -0.456 e. The zero-order valence-electron chi connectivity index (χ0n) is 86.6. The maximum absolute atomic E-state index is 9.31. The molecule has 16 aromatic rings. The Morgan fingerprint density at radius 1 is 0.290 bits per heavy atom. The van der Waals surface area contributed by atoms with Crippen LogP contribution in [-0.2, 0) is 28.2 Å². The highest BCUT2D eigenvalue weighted by Crippen LogP contribution is 2.48. The summed E-state index contributed by atoms with van der Waals surface area (Å²) in [6.07, 6.45) is 17.6. The molecule has 0 amide bonds. The molecule has 8 heterocycles. The van der Waals surface area contributed by atoms with Crippen molar-refractivity contribution in [2.75, 3.05) is 0 Å². The molecule has 0 unspecified atom stereocenters. The third-order valence-corrected chi connectivity index (χ3v) is 26.9. The number of fused-ring (bicyclic) bond motifs is 12. The van der Waals surface area contributed by atoms with Crippen molar-refractivity contribution in [2.45, 2.75) is 235 Å². The van der Waals surface area contributed by atoms with E-state index in [2.05, 4.69) is 38.4 Å². The van der Waals surface area contributed by atoms with Gasteiger partial charge in [-0.25, -0.2) is 19.4 Å². The van der Waals surface area contributed by atoms with E-state index in [1.54, 1.807) is 18.2 Å². The van der Waals surface area contributed by atoms with E-state index in [9.17, 15) is 11.0 Å². The first-order valence-electron chi connectivity index (χ1n) is 50.1. The first-order valence-corrected chi connectivity index (χ1v) is 44.1. The van der Waals surface area contributed by atoms with Gasteiger partial charge in [-0.2, -0.15) is 18.3 Å². The number of hydrogen-bond acceptors (Lipinski definition) is 4. The van der Waals surface area contributed by atoms with Crippen LogP contribution >= 0.6 is 0 Å². The maximum Gasteiger partial charge on any atom is 0.216 e. The van der Waals surface area contributed by atoms with Crippen molar-refractivity contribution in [1.29, 1.82) is 0 Å². The molecule has 4 fully saturated rings. The van der Waals surface area contributed by atoms with Crippen LogP contribution in [0.15, 0.2) is 163 Å². The van der Waals surface area contributed by atoms with Gasteiger partial charge in [0, 0.05) is 125 Å². The molecule has 8 aromatic carbocycles. The van der Waals surface area contributed by atoms with Crippen LogP contribution < -0.4 is 18.3 Å². The normalized spacial score (nSPS) is 17.3. The van der Waals surface area contributed by atoms with E-state index >= 15 is 0 Å². The zero-order valence-corrected chi connectivity index (χ0v) is 74.6. The lowest BCUT2D eigenvalue weighted by Gasteiger charge is -2.22. The van der Waals surface area contributed by atoms with Crippen LogP contribution in [-0.4, -0.2) is 0 Å². The first kappa shape index (κ1) is 70.0. The van der Waals surface area contributed by atoms with Gasteiger partial charge in [-0.3, -0.25) is 0 Å². The summed E-state index contributed by atoms with van der Waals surface area (Å²) in [7, 11) is 7.58. The second kappa shape index (κ2) is 34.7. The lowest BCUT2D eigenvalue weighted by Crippen LogP contribution is -2.35. The number of benzene rings is 8. The van der Waals surface area contributed by atoms with Gasteiger partial charge in [-0.15, -0.1) is 0 Å². The summed E-state index contributed by atoms with van der Waals surface area (Å²) in [6, 6.07) is 33.4. The van der Waals surface area contributed by atoms with E-state index in [-0.39, 0.29) is 24.2 Å². The molecule has 8 aromatic heterocycles. The molecule has 4 aliphatic carbocycles. The predicted octanol–water partition coefficient (Wildman–Crippen LogP) is 30.4. The van der Waals surface area contributed by atoms with Gasteiger partial charge in [-0.1, -0.05) is 156 Å². The van der Waals surface area contributed by atoms with Crippen LogP contribution in [0.4, 0.5) is 22.7 Å². The van der Waals surface area contributed by atoms with Gasteiger partial charge in [0.05, 0.1) is 59.5 Å². The minimum absolute atomic E-state index is 0.254. The average molecular weight is 1650 g/mol. The van der Waals surface area contributed by atoms with Crippen LogP contribution in [0, 0.1) is 109 Å². The van der Waals surface area contributed by atoms with Crippen molar-refractivity contribution in [2.24, 2.45) is 28.2 Å². The Morgan fingerprint density at radius 3 is 1.09 bits per heavy atom. The van der Waals surface area contributed by atoms with Crippen molar-refractivity contribution < 1.29 is 52.4 Å². The highest BCUT2D eigenvalue weighted by molar-refractivity contribution is 6.15.